The first-order valence-electron chi connectivity index (χ1n) is 9.68. The van der Waals surface area contributed by atoms with Gasteiger partial charge in [0.2, 0.25) is 0 Å². The SMILES string of the molecule is C[C@@H](c1cccc(OCC(C)(C)O)c1)N1CC[C@@](C)(c2ccccc2)OC1=O. The lowest BCUT2D eigenvalue weighted by Gasteiger charge is -2.41. The van der Waals surface area contributed by atoms with E-state index in [2.05, 4.69) is 0 Å². The Hall–Kier alpha value is -2.53. The van der Waals surface area contributed by atoms with E-state index in [-0.39, 0.29) is 18.7 Å². The van der Waals surface area contributed by atoms with E-state index in [1.807, 2.05) is 68.4 Å². The summed E-state index contributed by atoms with van der Waals surface area (Å²) < 4.78 is 11.5. The van der Waals surface area contributed by atoms with E-state index in [1.54, 1.807) is 18.7 Å². The largest absolute Gasteiger partial charge is 0.491 e. The molecule has 1 heterocycles. The minimum atomic E-state index is -0.903. The third kappa shape index (κ3) is 4.65. The van der Waals surface area contributed by atoms with Crippen LogP contribution in [0.2, 0.25) is 0 Å². The maximum atomic E-state index is 12.8. The summed E-state index contributed by atoms with van der Waals surface area (Å²) in [7, 11) is 0. The third-order valence-electron chi connectivity index (χ3n) is 5.16. The normalized spacial score (nSPS) is 21.2. The Morgan fingerprint density at radius 2 is 1.93 bits per heavy atom. The molecule has 0 aromatic heterocycles. The Balaban J connectivity index is 1.70. The van der Waals surface area contributed by atoms with Crippen LogP contribution in [-0.2, 0) is 10.3 Å². The second-order valence-corrected chi connectivity index (χ2v) is 8.26. The minimum absolute atomic E-state index is 0.140. The Bertz CT molecular complexity index is 815. The van der Waals surface area contributed by atoms with Gasteiger partial charge in [-0.3, -0.25) is 0 Å². The first-order chi connectivity index (χ1) is 13.2. The van der Waals surface area contributed by atoms with E-state index < -0.39 is 11.2 Å². The second kappa shape index (κ2) is 7.84. The molecular formula is C23H29NO4. The number of nitrogens with zero attached hydrogens (tertiary/aromatic N) is 1. The van der Waals surface area contributed by atoms with E-state index in [4.69, 9.17) is 9.47 Å². The fraction of sp³-hybridized carbons (Fsp3) is 0.435. The molecule has 0 radical (unpaired) electrons. The fourth-order valence-corrected chi connectivity index (χ4v) is 3.38. The number of hydrogen-bond acceptors (Lipinski definition) is 4. The maximum absolute atomic E-state index is 12.8. The van der Waals surface area contributed by atoms with Crippen LogP contribution < -0.4 is 4.74 Å². The molecule has 28 heavy (non-hydrogen) atoms. The highest BCUT2D eigenvalue weighted by molar-refractivity contribution is 5.70. The lowest BCUT2D eigenvalue weighted by molar-refractivity contribution is -0.0491. The number of aliphatic hydroxyl groups is 1. The van der Waals surface area contributed by atoms with Crippen molar-refractivity contribution in [2.75, 3.05) is 13.2 Å². The molecule has 1 fully saturated rings. The minimum Gasteiger partial charge on any atom is -0.491 e. The Morgan fingerprint density at radius 3 is 2.57 bits per heavy atom. The van der Waals surface area contributed by atoms with Crippen LogP contribution in [0.5, 0.6) is 5.75 Å². The van der Waals surface area contributed by atoms with Crippen LogP contribution in [0.25, 0.3) is 0 Å². The Kier molecular flexibility index (Phi) is 5.66. The average Bonchev–Trinajstić information content (AvgIpc) is 2.66. The lowest BCUT2D eigenvalue weighted by Crippen LogP contribution is -2.47. The van der Waals surface area contributed by atoms with Crippen LogP contribution in [0, 0.1) is 0 Å². The van der Waals surface area contributed by atoms with Crippen molar-refractivity contribution in [3.8, 4) is 5.75 Å². The first-order valence-corrected chi connectivity index (χ1v) is 9.68. The van der Waals surface area contributed by atoms with Crippen LogP contribution in [0.4, 0.5) is 4.79 Å². The summed E-state index contributed by atoms with van der Waals surface area (Å²) in [6.07, 6.45) is 0.412. The number of amides is 1. The number of carbonyl (C=O) groups excluding carboxylic acids is 1. The molecule has 1 aliphatic rings. The molecule has 0 bridgehead atoms. The van der Waals surface area contributed by atoms with Gasteiger partial charge in [-0.25, -0.2) is 4.79 Å². The smallest absolute Gasteiger partial charge is 0.411 e. The van der Waals surface area contributed by atoms with Gasteiger partial charge in [-0.2, -0.15) is 0 Å². The van der Waals surface area contributed by atoms with Gasteiger partial charge in [0.05, 0.1) is 11.6 Å². The Labute approximate surface area is 166 Å². The molecule has 1 amide bonds. The molecule has 2 atom stereocenters. The summed E-state index contributed by atoms with van der Waals surface area (Å²) in [5.41, 5.74) is 0.470. The van der Waals surface area contributed by atoms with Gasteiger partial charge in [0.1, 0.15) is 18.0 Å². The predicted molar refractivity (Wildman–Crippen MR) is 108 cm³/mol. The maximum Gasteiger partial charge on any atom is 0.411 e. The number of carbonyl (C=O) groups is 1. The topological polar surface area (TPSA) is 59.0 Å². The Morgan fingerprint density at radius 1 is 1.21 bits per heavy atom. The van der Waals surface area contributed by atoms with Crippen molar-refractivity contribution >= 4 is 6.09 Å². The van der Waals surface area contributed by atoms with Crippen LogP contribution in [0.1, 0.15) is 51.3 Å². The van der Waals surface area contributed by atoms with Crippen molar-refractivity contribution in [3.63, 3.8) is 0 Å². The van der Waals surface area contributed by atoms with E-state index in [1.165, 1.54) is 0 Å². The van der Waals surface area contributed by atoms with E-state index >= 15 is 0 Å². The zero-order valence-corrected chi connectivity index (χ0v) is 17.0. The highest BCUT2D eigenvalue weighted by atomic mass is 16.6. The summed E-state index contributed by atoms with van der Waals surface area (Å²) in [5, 5.41) is 9.84. The molecule has 0 spiro atoms. The summed E-state index contributed by atoms with van der Waals surface area (Å²) in [6, 6.07) is 17.4. The second-order valence-electron chi connectivity index (χ2n) is 8.26. The molecular weight excluding hydrogens is 354 g/mol. The molecule has 0 unspecified atom stereocenters. The van der Waals surface area contributed by atoms with Crippen LogP contribution in [0.15, 0.2) is 54.6 Å². The number of ether oxygens (including phenoxy) is 2. The first kappa shape index (κ1) is 20.2. The van der Waals surface area contributed by atoms with E-state index in [0.717, 1.165) is 17.5 Å². The van der Waals surface area contributed by atoms with Crippen molar-refractivity contribution < 1.29 is 19.4 Å². The summed E-state index contributed by atoms with van der Waals surface area (Å²) in [6.45, 7) is 8.17. The van der Waals surface area contributed by atoms with Gasteiger partial charge in [-0.1, -0.05) is 42.5 Å². The fourth-order valence-electron chi connectivity index (χ4n) is 3.38. The average molecular weight is 383 g/mol. The van der Waals surface area contributed by atoms with E-state index in [0.29, 0.717) is 12.3 Å². The molecule has 1 saturated heterocycles. The number of cyclic esters (lactones) is 1. The van der Waals surface area contributed by atoms with Crippen LogP contribution in [-0.4, -0.2) is 34.9 Å². The van der Waals surface area contributed by atoms with Crippen molar-refractivity contribution in [3.05, 3.63) is 65.7 Å². The van der Waals surface area contributed by atoms with Gasteiger partial charge in [0.25, 0.3) is 0 Å². The molecule has 0 aliphatic carbocycles. The van der Waals surface area contributed by atoms with Crippen LogP contribution >= 0.6 is 0 Å². The van der Waals surface area contributed by atoms with Crippen molar-refractivity contribution in [2.24, 2.45) is 0 Å². The molecule has 5 nitrogen and oxygen atoms in total. The lowest BCUT2D eigenvalue weighted by atomic mass is 9.90. The standard InChI is InChI=1S/C23H29NO4/c1-17(18-9-8-12-20(15-18)27-16-22(2,3)26)24-14-13-23(4,28-21(24)25)19-10-6-5-7-11-19/h5-12,15,17,26H,13-14,16H2,1-4H3/t17-,23-/m0/s1. The summed E-state index contributed by atoms with van der Waals surface area (Å²) in [4.78, 5) is 14.5. The van der Waals surface area contributed by atoms with Crippen LogP contribution in [0.3, 0.4) is 0 Å². The molecule has 2 aromatic rings. The van der Waals surface area contributed by atoms with Crippen molar-refractivity contribution in [1.82, 2.24) is 4.90 Å². The number of hydrogen-bond donors (Lipinski definition) is 1. The van der Waals surface area contributed by atoms with E-state index in [9.17, 15) is 9.90 Å². The quantitative estimate of drug-likeness (QED) is 0.788. The number of benzene rings is 2. The zero-order chi connectivity index (χ0) is 20.4. The molecule has 150 valence electrons. The molecule has 0 saturated carbocycles. The van der Waals surface area contributed by atoms with Crippen molar-refractivity contribution in [2.45, 2.75) is 51.4 Å². The predicted octanol–water partition coefficient (Wildman–Crippen LogP) is 4.66. The summed E-state index contributed by atoms with van der Waals surface area (Å²) in [5.74, 6) is 0.672. The van der Waals surface area contributed by atoms with Gasteiger partial charge < -0.3 is 19.5 Å². The summed E-state index contributed by atoms with van der Waals surface area (Å²) >= 11 is 0. The zero-order valence-electron chi connectivity index (χ0n) is 17.0. The number of rotatable bonds is 6. The third-order valence-corrected chi connectivity index (χ3v) is 5.16. The molecule has 5 heteroatoms. The van der Waals surface area contributed by atoms with Gasteiger partial charge in [0.15, 0.2) is 0 Å². The van der Waals surface area contributed by atoms with Gasteiger partial charge in [0, 0.05) is 13.0 Å². The van der Waals surface area contributed by atoms with Gasteiger partial charge in [-0.05, 0) is 51.0 Å². The van der Waals surface area contributed by atoms with Gasteiger partial charge in [-0.15, -0.1) is 0 Å². The molecule has 1 aliphatic heterocycles. The monoisotopic (exact) mass is 383 g/mol. The molecule has 3 rings (SSSR count). The van der Waals surface area contributed by atoms with Gasteiger partial charge >= 0.3 is 6.09 Å². The highest BCUT2D eigenvalue weighted by Crippen LogP contribution is 2.36. The molecule has 1 N–H and O–H groups in total. The highest BCUT2D eigenvalue weighted by Gasteiger charge is 2.39. The molecule has 2 aromatic carbocycles. The van der Waals surface area contributed by atoms with Crippen molar-refractivity contribution in [1.29, 1.82) is 0 Å².